The van der Waals surface area contributed by atoms with Crippen LogP contribution < -0.4 is 0 Å². The largest absolute Gasteiger partial charge is 0.392 e. The first-order valence-electron chi connectivity index (χ1n) is 4.53. The molecule has 4 N–H and O–H groups in total. The molecule has 0 atom stereocenters. The molecule has 0 aromatic heterocycles. The van der Waals surface area contributed by atoms with Crippen LogP contribution >= 0.6 is 0 Å². The van der Waals surface area contributed by atoms with E-state index in [1.807, 2.05) is 0 Å². The summed E-state index contributed by atoms with van der Waals surface area (Å²) in [6.07, 6.45) is 5.72. The maximum Gasteiger partial charge on any atom is 0.0609 e. The smallest absolute Gasteiger partial charge is 0.0609 e. The number of aliphatic hydroxyl groups excluding tert-OH is 4. The van der Waals surface area contributed by atoms with Gasteiger partial charge in [0.2, 0.25) is 0 Å². The average molecular weight is 328 g/mol. The van der Waals surface area contributed by atoms with E-state index < -0.39 is 0 Å². The molecular weight excluding hydrogens is 304 g/mol. The zero-order chi connectivity index (χ0) is 13.7. The van der Waals surface area contributed by atoms with Crippen LogP contribution in [0.25, 0.3) is 0 Å². The zero-order valence-corrected chi connectivity index (χ0v) is 13.9. The summed E-state index contributed by atoms with van der Waals surface area (Å²) in [5.74, 6) is 0. The fraction of sp³-hybridized carbons (Fsp3) is 0.333. The van der Waals surface area contributed by atoms with E-state index >= 15 is 0 Å². The fourth-order valence-electron chi connectivity index (χ4n) is 0. The van der Waals surface area contributed by atoms with Gasteiger partial charge in [-0.25, -0.2) is 0 Å². The molecule has 0 aromatic rings. The van der Waals surface area contributed by atoms with E-state index in [1.54, 1.807) is 0 Å². The molecular formula is C12H24O4Ti2. The Morgan fingerprint density at radius 1 is 0.500 bits per heavy atom. The standard InChI is InChI=1S/4C3H6O.2Ti/c4*1-2-3-4;;/h4*2,4H,1,3H2;;. The number of aliphatic hydroxyl groups is 4. The predicted molar refractivity (Wildman–Crippen MR) is 69.1 cm³/mol. The maximum absolute atomic E-state index is 7.76. The Kier molecular flexibility index (Phi) is 135. The molecule has 104 valence electrons. The van der Waals surface area contributed by atoms with Gasteiger partial charge in [-0.3, -0.25) is 0 Å². The van der Waals surface area contributed by atoms with Crippen molar-refractivity contribution >= 4 is 0 Å². The minimum atomic E-state index is 0. The molecule has 4 nitrogen and oxygen atoms in total. The van der Waals surface area contributed by atoms with Crippen molar-refractivity contribution in [3.63, 3.8) is 0 Å². The minimum absolute atomic E-state index is 0. The van der Waals surface area contributed by atoms with Crippen LogP contribution in [0, 0.1) is 0 Å². The molecule has 0 aliphatic rings. The Hall–Kier alpha value is 0.229. The first-order chi connectivity index (χ1) is 7.66. The van der Waals surface area contributed by atoms with Crippen LogP contribution in [-0.2, 0) is 43.4 Å². The van der Waals surface area contributed by atoms with Gasteiger partial charge in [0.25, 0.3) is 0 Å². The van der Waals surface area contributed by atoms with Crippen molar-refractivity contribution in [2.75, 3.05) is 26.4 Å². The van der Waals surface area contributed by atoms with Crippen molar-refractivity contribution in [3.05, 3.63) is 50.6 Å². The van der Waals surface area contributed by atoms with Crippen LogP contribution in [0.1, 0.15) is 0 Å². The van der Waals surface area contributed by atoms with E-state index in [4.69, 9.17) is 20.4 Å². The first kappa shape index (κ1) is 36.2. The van der Waals surface area contributed by atoms with E-state index in [1.165, 1.54) is 24.3 Å². The van der Waals surface area contributed by atoms with Crippen LogP contribution in [0.15, 0.2) is 50.6 Å². The van der Waals surface area contributed by atoms with Gasteiger partial charge in [-0.15, -0.1) is 26.3 Å². The Balaban J connectivity index is -0.0000000257. The zero-order valence-electron chi connectivity index (χ0n) is 10.8. The SMILES string of the molecule is C=CCO.C=CCO.C=CCO.C=CCO.[Ti].[Ti]. The van der Waals surface area contributed by atoms with Crippen molar-refractivity contribution in [2.45, 2.75) is 0 Å². The van der Waals surface area contributed by atoms with E-state index in [0.717, 1.165) is 0 Å². The summed E-state index contributed by atoms with van der Waals surface area (Å²) in [7, 11) is 0. The Bertz CT molecular complexity index is 110. The number of hydrogen-bond acceptors (Lipinski definition) is 4. The molecule has 0 saturated carbocycles. The normalized spacial score (nSPS) is 5.56. The van der Waals surface area contributed by atoms with Crippen LogP contribution in [0.5, 0.6) is 0 Å². The third-order valence-corrected chi connectivity index (χ3v) is 0.516. The summed E-state index contributed by atoms with van der Waals surface area (Å²) in [6.45, 7) is 13.2. The van der Waals surface area contributed by atoms with Gasteiger partial charge in [0.15, 0.2) is 0 Å². The van der Waals surface area contributed by atoms with E-state index in [-0.39, 0.29) is 69.9 Å². The molecule has 0 aliphatic carbocycles. The predicted octanol–water partition coefficient (Wildman–Crippen LogP) is 0.654. The topological polar surface area (TPSA) is 80.9 Å². The maximum atomic E-state index is 7.76. The Morgan fingerprint density at radius 3 is 0.556 bits per heavy atom. The third kappa shape index (κ3) is 210. The van der Waals surface area contributed by atoms with E-state index in [2.05, 4.69) is 26.3 Å². The molecule has 0 unspecified atom stereocenters. The van der Waals surface area contributed by atoms with Gasteiger partial charge in [-0.1, -0.05) is 24.3 Å². The van der Waals surface area contributed by atoms with Gasteiger partial charge in [-0.05, 0) is 0 Å². The second-order valence-electron chi connectivity index (χ2n) is 1.88. The molecule has 0 aliphatic heterocycles. The van der Waals surface area contributed by atoms with Gasteiger partial charge >= 0.3 is 0 Å². The molecule has 6 heteroatoms. The molecule has 0 spiro atoms. The van der Waals surface area contributed by atoms with Crippen LogP contribution in [0.4, 0.5) is 0 Å². The molecule has 0 saturated heterocycles. The minimum Gasteiger partial charge on any atom is -0.392 e. The molecule has 0 bridgehead atoms. The molecule has 0 aromatic carbocycles. The summed E-state index contributed by atoms with van der Waals surface area (Å²) in [5, 5.41) is 31.0. The van der Waals surface area contributed by atoms with Gasteiger partial charge in [0.05, 0.1) is 26.4 Å². The number of hydrogen-bond donors (Lipinski definition) is 4. The molecule has 0 fully saturated rings. The Morgan fingerprint density at radius 2 is 0.556 bits per heavy atom. The summed E-state index contributed by atoms with van der Waals surface area (Å²) in [4.78, 5) is 0. The molecule has 0 amide bonds. The van der Waals surface area contributed by atoms with Crippen LogP contribution in [0.3, 0.4) is 0 Å². The van der Waals surface area contributed by atoms with Crippen molar-refractivity contribution in [1.29, 1.82) is 0 Å². The number of rotatable bonds is 4. The average Bonchev–Trinajstić information content (AvgIpc) is 2.39. The second kappa shape index (κ2) is 67.0. The van der Waals surface area contributed by atoms with Crippen LogP contribution in [-0.4, -0.2) is 46.9 Å². The summed E-state index contributed by atoms with van der Waals surface area (Å²) in [5.41, 5.74) is 0. The molecule has 0 rings (SSSR count). The van der Waals surface area contributed by atoms with Gasteiger partial charge in [-0.2, -0.15) is 0 Å². The van der Waals surface area contributed by atoms with Crippen molar-refractivity contribution < 1.29 is 63.9 Å². The monoisotopic (exact) mass is 328 g/mol. The van der Waals surface area contributed by atoms with E-state index in [0.29, 0.717) is 0 Å². The van der Waals surface area contributed by atoms with Crippen molar-refractivity contribution in [2.24, 2.45) is 0 Å². The third-order valence-electron chi connectivity index (χ3n) is 0.516. The van der Waals surface area contributed by atoms with Gasteiger partial charge in [0, 0.05) is 43.4 Å². The summed E-state index contributed by atoms with van der Waals surface area (Å²) in [6, 6.07) is 0. The first-order valence-corrected chi connectivity index (χ1v) is 4.53. The summed E-state index contributed by atoms with van der Waals surface area (Å²) < 4.78 is 0. The quantitative estimate of drug-likeness (QED) is 0.451. The molecule has 18 heavy (non-hydrogen) atoms. The molecule has 0 heterocycles. The Labute approximate surface area is 140 Å². The fourth-order valence-corrected chi connectivity index (χ4v) is 0. The van der Waals surface area contributed by atoms with Gasteiger partial charge in [0.1, 0.15) is 0 Å². The van der Waals surface area contributed by atoms with E-state index in [9.17, 15) is 0 Å². The van der Waals surface area contributed by atoms with Crippen molar-refractivity contribution in [3.8, 4) is 0 Å². The summed E-state index contributed by atoms with van der Waals surface area (Å²) >= 11 is 0. The van der Waals surface area contributed by atoms with Crippen molar-refractivity contribution in [1.82, 2.24) is 0 Å². The van der Waals surface area contributed by atoms with Gasteiger partial charge < -0.3 is 20.4 Å². The van der Waals surface area contributed by atoms with Crippen LogP contribution in [0.2, 0.25) is 0 Å². The second-order valence-corrected chi connectivity index (χ2v) is 1.88. The molecule has 0 radical (unpaired) electrons.